The van der Waals surface area contributed by atoms with E-state index in [4.69, 9.17) is 4.74 Å². The van der Waals surface area contributed by atoms with Gasteiger partial charge in [0, 0.05) is 32.9 Å². The molecular formula is C12H20N4O. The van der Waals surface area contributed by atoms with Gasteiger partial charge in [0.25, 0.3) is 0 Å². The topological polar surface area (TPSA) is 42.3 Å². The molecule has 1 spiro atoms. The maximum absolute atomic E-state index is 6.14. The van der Waals surface area contributed by atoms with Gasteiger partial charge in [0.2, 0.25) is 0 Å². The Labute approximate surface area is 102 Å². The van der Waals surface area contributed by atoms with E-state index in [1.165, 1.54) is 5.69 Å². The van der Waals surface area contributed by atoms with Gasteiger partial charge in [-0.25, -0.2) is 0 Å². The standard InChI is InChI=1S/C12H20N4O/c1-15-7-4-12(9-15)11(13-6-8-17-12)10-3-5-14-16(10)2/h3,5,11,13H,4,6-9H2,1-2H3. The van der Waals surface area contributed by atoms with Crippen LogP contribution in [0.1, 0.15) is 18.2 Å². The zero-order chi connectivity index (χ0) is 11.9. The lowest BCUT2D eigenvalue weighted by Crippen LogP contribution is -2.54. The van der Waals surface area contributed by atoms with Gasteiger partial charge in [-0.05, 0) is 19.5 Å². The molecule has 5 heteroatoms. The van der Waals surface area contributed by atoms with Crippen molar-refractivity contribution in [2.75, 3.05) is 33.3 Å². The van der Waals surface area contributed by atoms with Gasteiger partial charge in [0.1, 0.15) is 5.60 Å². The highest BCUT2D eigenvalue weighted by Gasteiger charge is 2.47. The molecule has 2 aliphatic heterocycles. The molecule has 2 fully saturated rings. The number of aryl methyl sites for hydroxylation is 1. The summed E-state index contributed by atoms with van der Waals surface area (Å²) in [6.45, 7) is 3.83. The Bertz CT molecular complexity index is 401. The Balaban J connectivity index is 1.93. The molecule has 3 rings (SSSR count). The lowest BCUT2D eigenvalue weighted by molar-refractivity contribution is -0.0907. The first-order valence-electron chi connectivity index (χ1n) is 6.25. The molecule has 94 valence electrons. The number of likely N-dealkylation sites (N-methyl/N-ethyl adjacent to an activating group) is 1. The molecule has 0 amide bonds. The number of hydrogen-bond acceptors (Lipinski definition) is 4. The third-order valence-corrected chi connectivity index (χ3v) is 3.98. The van der Waals surface area contributed by atoms with Crippen LogP contribution in [0.3, 0.4) is 0 Å². The van der Waals surface area contributed by atoms with Crippen molar-refractivity contribution in [3.05, 3.63) is 18.0 Å². The van der Waals surface area contributed by atoms with Crippen molar-refractivity contribution < 1.29 is 4.74 Å². The van der Waals surface area contributed by atoms with Crippen LogP contribution in [0.25, 0.3) is 0 Å². The molecule has 2 atom stereocenters. The van der Waals surface area contributed by atoms with Crippen LogP contribution in [-0.4, -0.2) is 53.6 Å². The van der Waals surface area contributed by atoms with Gasteiger partial charge in [-0.15, -0.1) is 0 Å². The first-order chi connectivity index (χ1) is 8.21. The highest BCUT2D eigenvalue weighted by molar-refractivity contribution is 5.16. The maximum Gasteiger partial charge on any atom is 0.103 e. The minimum absolute atomic E-state index is 0.0687. The van der Waals surface area contributed by atoms with E-state index >= 15 is 0 Å². The molecule has 3 heterocycles. The number of ether oxygens (including phenoxy) is 1. The summed E-state index contributed by atoms with van der Waals surface area (Å²) in [7, 11) is 4.16. The van der Waals surface area contributed by atoms with Crippen molar-refractivity contribution in [3.63, 3.8) is 0 Å². The summed E-state index contributed by atoms with van der Waals surface area (Å²) in [5, 5.41) is 7.88. The predicted molar refractivity (Wildman–Crippen MR) is 64.7 cm³/mol. The van der Waals surface area contributed by atoms with E-state index in [0.717, 1.165) is 32.7 Å². The SMILES string of the molecule is CN1CCC2(C1)OCCNC2c1ccnn1C. The largest absolute Gasteiger partial charge is 0.370 e. The number of likely N-dealkylation sites (tertiary alicyclic amines) is 1. The van der Waals surface area contributed by atoms with Crippen molar-refractivity contribution in [1.29, 1.82) is 0 Å². The summed E-state index contributed by atoms with van der Waals surface area (Å²) in [6.07, 6.45) is 2.95. The van der Waals surface area contributed by atoms with E-state index in [2.05, 4.69) is 28.4 Å². The van der Waals surface area contributed by atoms with E-state index in [0.29, 0.717) is 0 Å². The number of hydrogen-bond donors (Lipinski definition) is 1. The summed E-state index contributed by atoms with van der Waals surface area (Å²) in [6, 6.07) is 2.35. The minimum Gasteiger partial charge on any atom is -0.370 e. The molecular weight excluding hydrogens is 216 g/mol. The fourth-order valence-corrected chi connectivity index (χ4v) is 3.12. The Kier molecular flexibility index (Phi) is 2.69. The van der Waals surface area contributed by atoms with Gasteiger partial charge >= 0.3 is 0 Å². The molecule has 0 aromatic carbocycles. The van der Waals surface area contributed by atoms with Gasteiger partial charge < -0.3 is 15.0 Å². The van der Waals surface area contributed by atoms with Crippen molar-refractivity contribution >= 4 is 0 Å². The number of nitrogens with one attached hydrogen (secondary N) is 1. The maximum atomic E-state index is 6.14. The fourth-order valence-electron chi connectivity index (χ4n) is 3.12. The van der Waals surface area contributed by atoms with Gasteiger partial charge in [-0.2, -0.15) is 5.10 Å². The summed E-state index contributed by atoms with van der Waals surface area (Å²) in [4.78, 5) is 2.34. The van der Waals surface area contributed by atoms with E-state index < -0.39 is 0 Å². The van der Waals surface area contributed by atoms with Crippen LogP contribution in [0.4, 0.5) is 0 Å². The third kappa shape index (κ3) is 1.78. The van der Waals surface area contributed by atoms with Gasteiger partial charge in [-0.1, -0.05) is 0 Å². The monoisotopic (exact) mass is 236 g/mol. The highest BCUT2D eigenvalue weighted by Crippen LogP contribution is 2.38. The summed E-state index contributed by atoms with van der Waals surface area (Å²) < 4.78 is 8.09. The lowest BCUT2D eigenvalue weighted by atomic mass is 9.89. The zero-order valence-corrected chi connectivity index (χ0v) is 10.5. The van der Waals surface area contributed by atoms with E-state index in [1.54, 1.807) is 0 Å². The molecule has 2 saturated heterocycles. The minimum atomic E-state index is -0.0687. The number of aromatic nitrogens is 2. The molecule has 5 nitrogen and oxygen atoms in total. The summed E-state index contributed by atoms with van der Waals surface area (Å²) in [5.74, 6) is 0. The molecule has 1 N–H and O–H groups in total. The third-order valence-electron chi connectivity index (χ3n) is 3.98. The normalized spacial score (nSPS) is 34.6. The molecule has 0 aliphatic carbocycles. The Morgan fingerprint density at radius 1 is 1.53 bits per heavy atom. The molecule has 17 heavy (non-hydrogen) atoms. The summed E-state index contributed by atoms with van der Waals surface area (Å²) >= 11 is 0. The first-order valence-corrected chi connectivity index (χ1v) is 6.25. The van der Waals surface area contributed by atoms with Crippen molar-refractivity contribution in [1.82, 2.24) is 20.0 Å². The molecule has 0 saturated carbocycles. The quantitative estimate of drug-likeness (QED) is 0.754. The Morgan fingerprint density at radius 2 is 2.41 bits per heavy atom. The van der Waals surface area contributed by atoms with Crippen LogP contribution in [-0.2, 0) is 11.8 Å². The van der Waals surface area contributed by atoms with E-state index in [-0.39, 0.29) is 11.6 Å². The van der Waals surface area contributed by atoms with Crippen LogP contribution in [0, 0.1) is 0 Å². The molecule has 0 radical (unpaired) electrons. The molecule has 1 aromatic rings. The second-order valence-corrected chi connectivity index (χ2v) is 5.17. The number of morpholine rings is 1. The molecule has 2 unspecified atom stereocenters. The highest BCUT2D eigenvalue weighted by atomic mass is 16.5. The fraction of sp³-hybridized carbons (Fsp3) is 0.750. The van der Waals surface area contributed by atoms with Crippen molar-refractivity contribution in [3.8, 4) is 0 Å². The van der Waals surface area contributed by atoms with Gasteiger partial charge in [0.15, 0.2) is 0 Å². The first kappa shape index (κ1) is 11.2. The predicted octanol–water partition coefficient (Wildman–Crippen LogP) is 0.155. The molecule has 2 aliphatic rings. The summed E-state index contributed by atoms with van der Waals surface area (Å²) in [5.41, 5.74) is 1.15. The molecule has 1 aromatic heterocycles. The van der Waals surface area contributed by atoms with Crippen LogP contribution < -0.4 is 5.32 Å². The van der Waals surface area contributed by atoms with Crippen LogP contribution in [0.15, 0.2) is 12.3 Å². The van der Waals surface area contributed by atoms with E-state index in [1.807, 2.05) is 17.9 Å². The average Bonchev–Trinajstić information content (AvgIpc) is 2.88. The van der Waals surface area contributed by atoms with Crippen LogP contribution >= 0.6 is 0 Å². The number of rotatable bonds is 1. The Morgan fingerprint density at radius 3 is 3.06 bits per heavy atom. The van der Waals surface area contributed by atoms with Crippen molar-refractivity contribution in [2.45, 2.75) is 18.1 Å². The van der Waals surface area contributed by atoms with Crippen LogP contribution in [0.2, 0.25) is 0 Å². The van der Waals surface area contributed by atoms with E-state index in [9.17, 15) is 0 Å². The average molecular weight is 236 g/mol. The van der Waals surface area contributed by atoms with Crippen molar-refractivity contribution in [2.24, 2.45) is 7.05 Å². The van der Waals surface area contributed by atoms with Crippen LogP contribution in [0.5, 0.6) is 0 Å². The second-order valence-electron chi connectivity index (χ2n) is 5.17. The van der Waals surface area contributed by atoms with Gasteiger partial charge in [-0.3, -0.25) is 4.68 Å². The second kappa shape index (κ2) is 4.08. The Hall–Kier alpha value is -0.910. The van der Waals surface area contributed by atoms with Gasteiger partial charge in [0.05, 0.1) is 18.3 Å². The smallest absolute Gasteiger partial charge is 0.103 e. The lowest BCUT2D eigenvalue weighted by Gasteiger charge is -2.41. The molecule has 0 bridgehead atoms. The number of nitrogens with zero attached hydrogens (tertiary/aromatic N) is 3. The zero-order valence-electron chi connectivity index (χ0n) is 10.5.